The van der Waals surface area contributed by atoms with Gasteiger partial charge in [-0.05, 0) is 103 Å². The first-order chi connectivity index (χ1) is 43.8. The Morgan fingerprint density at radius 3 is 1.12 bits per heavy atom. The summed E-state index contributed by atoms with van der Waals surface area (Å²) >= 11 is 0. The first-order valence-corrected chi connectivity index (χ1v) is 28.8. The predicted octanol–water partition coefficient (Wildman–Crippen LogP) is 2.90. The van der Waals surface area contributed by atoms with E-state index in [1.54, 1.807) is 0 Å². The number of carboxylic acid groups (broad SMARTS) is 4. The molecule has 4 aromatic rings. The predicted molar refractivity (Wildman–Crippen MR) is 326 cm³/mol. The van der Waals surface area contributed by atoms with Crippen molar-refractivity contribution >= 4 is 94.7 Å². The summed E-state index contributed by atoms with van der Waals surface area (Å²) in [4.78, 5) is 150. The number of anilines is 2. The average Bonchev–Trinajstić information content (AvgIpc) is 1.24. The van der Waals surface area contributed by atoms with Gasteiger partial charge in [-0.2, -0.15) is 0 Å². The highest BCUT2D eigenvalue weighted by Gasteiger charge is 2.32. The number of nitrogens with one attached hydrogen (secondary N) is 10. The summed E-state index contributed by atoms with van der Waals surface area (Å²) < 4.78 is 21.3. The highest BCUT2D eigenvalue weighted by Crippen LogP contribution is 2.21. The fourth-order valence-corrected chi connectivity index (χ4v) is 8.41. The van der Waals surface area contributed by atoms with E-state index in [9.17, 15) is 78.0 Å². The van der Waals surface area contributed by atoms with Crippen LogP contribution in [0.15, 0.2) is 97.1 Å². The van der Waals surface area contributed by atoms with Crippen molar-refractivity contribution in [2.45, 2.75) is 121 Å². The third-order valence-corrected chi connectivity index (χ3v) is 13.0. The number of rotatable bonds is 40. The molecule has 0 aliphatic carbocycles. The summed E-state index contributed by atoms with van der Waals surface area (Å²) in [5, 5.41) is 71.5. The summed E-state index contributed by atoms with van der Waals surface area (Å²) in [6.07, 6.45) is 2.81. The van der Waals surface area contributed by atoms with Crippen LogP contribution in [0.1, 0.15) is 116 Å². The monoisotopic (exact) mass is 1280 g/mol. The van der Waals surface area contributed by atoms with Gasteiger partial charge in [-0.3, -0.25) is 54.0 Å². The molecule has 0 spiro atoms. The number of esters is 2. The Bertz CT molecular complexity index is 3010. The van der Waals surface area contributed by atoms with Crippen LogP contribution in [-0.2, 0) is 54.5 Å². The lowest BCUT2D eigenvalue weighted by molar-refractivity contribution is -0.143. The Balaban J connectivity index is 1.08. The summed E-state index contributed by atoms with van der Waals surface area (Å²) in [5.74, 6) is -12.3. The number of guanidine groups is 2. The maximum absolute atomic E-state index is 13.2. The van der Waals surface area contributed by atoms with E-state index >= 15 is 0 Å². The maximum Gasteiger partial charge on any atom is 0.408 e. The number of hydrogen-bond acceptors (Lipinski definition) is 18. The zero-order chi connectivity index (χ0) is 67.5. The lowest BCUT2D eigenvalue weighted by Gasteiger charge is -2.21. The number of carbonyl (C=O) groups excluding carboxylic acids is 8. The number of unbranched alkanes of at least 4 members (excludes halogenated alkanes) is 9. The minimum absolute atomic E-state index is 0.131. The molecule has 32 heteroatoms. The van der Waals surface area contributed by atoms with Gasteiger partial charge in [0.25, 0.3) is 5.91 Å². The van der Waals surface area contributed by atoms with Crippen LogP contribution in [0.4, 0.5) is 16.2 Å². The van der Waals surface area contributed by atoms with Crippen LogP contribution in [0.25, 0.3) is 0 Å². The van der Waals surface area contributed by atoms with Crippen molar-refractivity contribution in [3.8, 4) is 17.2 Å². The van der Waals surface area contributed by atoms with Crippen molar-refractivity contribution in [2.24, 2.45) is 11.5 Å². The summed E-state index contributed by atoms with van der Waals surface area (Å²) in [5.41, 5.74) is 12.4. The standard InChI is InChI=1S/C60H74N12O20/c61-58(62)67-38-17-13-36(14-18-38)56(86)91-41-21-11-35(12-22-41)33-90-60(88)72-46(32-51(80)81)55(85)71-44(30-49(76)77)53(83)66-28-10-8-6-4-2-1-3-5-7-9-27-65-52(82)43(29-48(74)75)70-54(84)45(31-50(78)79)69-47(73)34-89-40-23-25-42(26-24-40)92-57(87)37-15-19-39(20-16-37)68-59(63)64/h11-26,43-46H,1-10,27-34H2,(H,65,82)(H,66,83)(H,69,73)(H,70,84)(H,71,85)(H,72,88)(H,74,75)(H,76,77)(H,78,79)(H,80,81)(H4,61,62,67)(H4,63,64,68)/t43-,44-,45?,46-/m0/s1. The van der Waals surface area contributed by atoms with E-state index in [0.717, 1.165) is 38.5 Å². The SMILES string of the molecule is N=C(N)Nc1ccc(C(=O)Oc2ccc(COC(=O)N[C@@H](CC(=O)O)C(=O)N[C@@H](CC(=O)O)C(=O)NCCCCCCCCCCCCNC(=O)[C@H](CC(=O)O)NC(=O)C(CC(=O)O)NC(=O)COc3ccc(OC(=O)c4ccc(NC(=N)N)cc4)cc3)cc2)cc1. The molecule has 4 aromatic carbocycles. The van der Waals surface area contributed by atoms with Crippen molar-refractivity contribution < 1.29 is 96.9 Å². The Morgan fingerprint density at radius 2 is 0.750 bits per heavy atom. The van der Waals surface area contributed by atoms with Gasteiger partial charge in [0.15, 0.2) is 18.5 Å². The number of benzene rings is 4. The Morgan fingerprint density at radius 1 is 0.413 bits per heavy atom. The van der Waals surface area contributed by atoms with Crippen molar-refractivity contribution in [3.63, 3.8) is 0 Å². The molecule has 18 N–H and O–H groups in total. The second kappa shape index (κ2) is 38.8. The smallest absolute Gasteiger partial charge is 0.408 e. The van der Waals surface area contributed by atoms with Crippen LogP contribution in [-0.4, -0.2) is 148 Å². The van der Waals surface area contributed by atoms with Crippen LogP contribution >= 0.6 is 0 Å². The van der Waals surface area contributed by atoms with Gasteiger partial charge >= 0.3 is 41.9 Å². The topological polar surface area (TPSA) is 519 Å². The van der Waals surface area contributed by atoms with E-state index in [1.807, 2.05) is 0 Å². The molecular formula is C60H74N12O20. The maximum atomic E-state index is 13.2. The van der Waals surface area contributed by atoms with Crippen LogP contribution in [0.2, 0.25) is 0 Å². The van der Waals surface area contributed by atoms with Crippen molar-refractivity contribution in [3.05, 3.63) is 114 Å². The molecule has 0 saturated heterocycles. The van der Waals surface area contributed by atoms with Gasteiger partial charge in [-0.15, -0.1) is 0 Å². The van der Waals surface area contributed by atoms with Crippen molar-refractivity contribution in [2.75, 3.05) is 30.3 Å². The summed E-state index contributed by atoms with van der Waals surface area (Å²) in [7, 11) is 0. The number of hydrogen-bond donors (Lipinski definition) is 16. The number of ether oxygens (including phenoxy) is 4. The highest BCUT2D eigenvalue weighted by atomic mass is 16.6. The molecule has 4 rings (SSSR count). The van der Waals surface area contributed by atoms with Crippen LogP contribution in [0.5, 0.6) is 17.2 Å². The van der Waals surface area contributed by atoms with E-state index in [0.29, 0.717) is 42.6 Å². The van der Waals surface area contributed by atoms with Crippen LogP contribution < -0.4 is 68.2 Å². The minimum Gasteiger partial charge on any atom is -0.484 e. The van der Waals surface area contributed by atoms with Crippen LogP contribution in [0.3, 0.4) is 0 Å². The molecule has 0 fully saturated rings. The fourth-order valence-electron chi connectivity index (χ4n) is 8.41. The van der Waals surface area contributed by atoms with Crippen molar-refractivity contribution in [1.29, 1.82) is 10.8 Å². The van der Waals surface area contributed by atoms with Gasteiger partial charge in [0.05, 0.1) is 36.8 Å². The van der Waals surface area contributed by atoms with Crippen molar-refractivity contribution in [1.82, 2.24) is 31.9 Å². The van der Waals surface area contributed by atoms with Gasteiger partial charge < -0.3 is 93.4 Å². The number of carboxylic acids is 4. The normalized spacial score (nSPS) is 11.9. The fraction of sp³-hybridized carbons (Fsp3) is 0.367. The zero-order valence-electron chi connectivity index (χ0n) is 49.8. The van der Waals surface area contributed by atoms with Gasteiger partial charge in [0.2, 0.25) is 23.6 Å². The molecule has 4 atom stereocenters. The number of carbonyl (C=O) groups is 12. The Kier molecular flexibility index (Phi) is 30.9. The highest BCUT2D eigenvalue weighted by molar-refractivity contribution is 5.98. The summed E-state index contributed by atoms with van der Waals surface area (Å²) in [6.45, 7) is -0.775. The molecule has 0 radical (unpaired) electrons. The van der Waals surface area contributed by atoms with E-state index in [4.69, 9.17) is 41.2 Å². The number of nitrogens with two attached hydrogens (primary N) is 2. The first-order valence-electron chi connectivity index (χ1n) is 28.8. The van der Waals surface area contributed by atoms with E-state index in [-0.39, 0.29) is 60.0 Å². The van der Waals surface area contributed by atoms with Gasteiger partial charge in [0, 0.05) is 24.5 Å². The molecule has 0 heterocycles. The average molecular weight is 1280 g/mol. The van der Waals surface area contributed by atoms with Crippen LogP contribution in [0, 0.1) is 10.8 Å². The molecule has 0 bridgehead atoms. The second-order valence-corrected chi connectivity index (χ2v) is 20.4. The molecule has 0 saturated carbocycles. The van der Waals surface area contributed by atoms with Gasteiger partial charge in [-0.25, -0.2) is 14.4 Å². The Hall–Kier alpha value is -11.3. The molecule has 92 heavy (non-hydrogen) atoms. The zero-order valence-corrected chi connectivity index (χ0v) is 49.8. The van der Waals surface area contributed by atoms with E-state index in [1.165, 1.54) is 97.1 Å². The largest absolute Gasteiger partial charge is 0.484 e. The van der Waals surface area contributed by atoms with Gasteiger partial charge in [-0.1, -0.05) is 63.5 Å². The number of aliphatic carboxylic acids is 4. The molecule has 0 aromatic heterocycles. The Labute approximate surface area is 526 Å². The number of amides is 6. The van der Waals surface area contributed by atoms with Gasteiger partial charge in [0.1, 0.15) is 48.0 Å². The molecular weight excluding hydrogens is 1210 g/mol. The molecule has 32 nitrogen and oxygen atoms in total. The minimum atomic E-state index is -1.77. The molecule has 6 amide bonds. The molecule has 494 valence electrons. The first kappa shape index (κ1) is 73.1. The van der Waals surface area contributed by atoms with E-state index in [2.05, 4.69) is 42.5 Å². The lowest BCUT2D eigenvalue weighted by atomic mass is 10.1. The third kappa shape index (κ3) is 29.1. The summed E-state index contributed by atoms with van der Waals surface area (Å²) in [6, 6.07) is 16.6. The molecule has 0 aliphatic rings. The molecule has 0 aliphatic heterocycles. The second-order valence-electron chi connectivity index (χ2n) is 20.4. The number of alkyl carbamates (subject to hydrolysis) is 1. The molecule has 1 unspecified atom stereocenters. The lowest BCUT2D eigenvalue weighted by Crippen LogP contribution is -2.55. The van der Waals surface area contributed by atoms with E-state index < -0.39 is 128 Å². The quantitative estimate of drug-likeness (QED) is 0.0100. The third-order valence-electron chi connectivity index (χ3n) is 13.0.